The van der Waals surface area contributed by atoms with E-state index in [0.717, 1.165) is 5.39 Å². The van der Waals surface area contributed by atoms with Crippen molar-refractivity contribution in [1.29, 1.82) is 0 Å². The van der Waals surface area contributed by atoms with Gasteiger partial charge in [0, 0.05) is 28.6 Å². The van der Waals surface area contributed by atoms with E-state index in [9.17, 15) is 0 Å². The smallest absolute Gasteiger partial charge is 0.0353 e. The van der Waals surface area contributed by atoms with Crippen LogP contribution < -0.4 is 0 Å². The van der Waals surface area contributed by atoms with Crippen molar-refractivity contribution in [2.24, 2.45) is 0 Å². The third-order valence-corrected chi connectivity index (χ3v) is 13.0. The van der Waals surface area contributed by atoms with Crippen LogP contribution in [0.2, 0.25) is 0 Å². The highest BCUT2D eigenvalue weighted by molar-refractivity contribution is 6.21. The second kappa shape index (κ2) is 12.0. The Morgan fingerprint density at radius 1 is 0.321 bits per heavy atom. The molecule has 1 aromatic heterocycles. The first-order chi connectivity index (χ1) is 27.3. The van der Waals surface area contributed by atoms with Gasteiger partial charge in [0.2, 0.25) is 0 Å². The molecule has 0 atom stereocenters. The molecule has 1 heterocycles. The largest absolute Gasteiger partial charge is 0.264 e. The Balaban J connectivity index is 0.978. The highest BCUT2D eigenvalue weighted by Crippen LogP contribution is 2.51. The zero-order chi connectivity index (χ0) is 37.8. The summed E-state index contributed by atoms with van der Waals surface area (Å²) >= 11 is 0. The number of rotatable bonds is 4. The van der Waals surface area contributed by atoms with Gasteiger partial charge in [-0.25, -0.2) is 0 Å². The molecular weight excluding hydrogens is 675 g/mol. The van der Waals surface area contributed by atoms with E-state index in [1.54, 1.807) is 0 Å². The van der Waals surface area contributed by atoms with Gasteiger partial charge < -0.3 is 0 Å². The molecule has 0 spiro atoms. The summed E-state index contributed by atoms with van der Waals surface area (Å²) in [7, 11) is 0. The van der Waals surface area contributed by atoms with Crippen LogP contribution in [0, 0.1) is 0 Å². The van der Waals surface area contributed by atoms with Crippen molar-refractivity contribution in [3.63, 3.8) is 0 Å². The van der Waals surface area contributed by atoms with Crippen molar-refractivity contribution in [2.45, 2.75) is 38.5 Å². The van der Waals surface area contributed by atoms with Gasteiger partial charge >= 0.3 is 0 Å². The fourth-order valence-corrected chi connectivity index (χ4v) is 10.1. The molecular formula is C55H41N. The maximum Gasteiger partial charge on any atom is 0.0353 e. The summed E-state index contributed by atoms with van der Waals surface area (Å²) in [5.74, 6) is 0. The Hall–Kier alpha value is -6.57. The fourth-order valence-electron chi connectivity index (χ4n) is 10.1. The van der Waals surface area contributed by atoms with Crippen molar-refractivity contribution >= 4 is 21.5 Å². The lowest BCUT2D eigenvalue weighted by molar-refractivity contribution is 0.660. The SMILES string of the molecule is CC1(C)c2ccccc2-c2ccc(-c3ccc(-c4c5ccccc5c(-c5ccc(-c6ccc7c(c6)C(C)(C)c6ccccc6-7)cc5)c5cnccc45)cc3)cc21. The minimum atomic E-state index is -0.0270. The van der Waals surface area contributed by atoms with Crippen LogP contribution >= 0.6 is 0 Å². The molecule has 0 N–H and O–H groups in total. The summed E-state index contributed by atoms with van der Waals surface area (Å²) in [4.78, 5) is 4.68. The van der Waals surface area contributed by atoms with E-state index in [0.29, 0.717) is 0 Å². The molecule has 0 unspecified atom stereocenters. The summed E-state index contributed by atoms with van der Waals surface area (Å²) < 4.78 is 0. The molecule has 0 bridgehead atoms. The summed E-state index contributed by atoms with van der Waals surface area (Å²) in [5.41, 5.74) is 20.8. The van der Waals surface area contributed by atoms with Gasteiger partial charge in [-0.15, -0.1) is 0 Å². The standard InChI is InChI=1S/C55H41N/c1-54(2)48-15-9-7-11-40(48)42-27-25-38(31-50(42)54)34-17-21-36(22-18-34)52-44-13-5-6-14-45(44)53(47-33-56-30-29-46(47)52)37-23-19-35(20-24-37)39-26-28-43-41-12-8-10-16-49(41)55(3,4)51(43)32-39/h5-33H,1-4H3. The van der Waals surface area contributed by atoms with Crippen LogP contribution in [0.1, 0.15) is 49.9 Å². The van der Waals surface area contributed by atoms with Crippen LogP contribution in [0.25, 0.3) is 88.3 Å². The van der Waals surface area contributed by atoms with Crippen LogP contribution in [0.3, 0.4) is 0 Å². The van der Waals surface area contributed by atoms with Crippen LogP contribution in [0.5, 0.6) is 0 Å². The monoisotopic (exact) mass is 715 g/mol. The van der Waals surface area contributed by atoms with E-state index in [-0.39, 0.29) is 10.8 Å². The third kappa shape index (κ3) is 4.70. The van der Waals surface area contributed by atoms with E-state index < -0.39 is 0 Å². The minimum Gasteiger partial charge on any atom is -0.264 e. The van der Waals surface area contributed by atoms with Gasteiger partial charge in [-0.05, 0) is 123 Å². The van der Waals surface area contributed by atoms with E-state index in [1.807, 2.05) is 12.4 Å². The topological polar surface area (TPSA) is 12.9 Å². The number of aromatic nitrogens is 1. The molecule has 1 heteroatoms. The van der Waals surface area contributed by atoms with Gasteiger partial charge in [-0.1, -0.05) is 173 Å². The molecule has 1 nitrogen and oxygen atoms in total. The summed E-state index contributed by atoms with van der Waals surface area (Å²) in [5, 5.41) is 4.85. The molecule has 0 saturated carbocycles. The van der Waals surface area contributed by atoms with Gasteiger partial charge in [0.1, 0.15) is 0 Å². The molecule has 266 valence electrons. The van der Waals surface area contributed by atoms with E-state index in [2.05, 4.69) is 196 Å². The number of benzene rings is 8. The van der Waals surface area contributed by atoms with Gasteiger partial charge in [0.05, 0.1) is 0 Å². The summed E-state index contributed by atoms with van der Waals surface area (Å²) in [6.07, 6.45) is 3.98. The quantitative estimate of drug-likeness (QED) is 0.165. The zero-order valence-corrected chi connectivity index (χ0v) is 32.2. The van der Waals surface area contributed by atoms with Crippen LogP contribution in [-0.4, -0.2) is 4.98 Å². The zero-order valence-electron chi connectivity index (χ0n) is 32.2. The van der Waals surface area contributed by atoms with Crippen LogP contribution in [-0.2, 0) is 10.8 Å². The van der Waals surface area contributed by atoms with Crippen molar-refractivity contribution in [2.75, 3.05) is 0 Å². The molecule has 2 aliphatic carbocycles. The predicted molar refractivity (Wildman–Crippen MR) is 236 cm³/mol. The molecule has 8 aromatic carbocycles. The van der Waals surface area contributed by atoms with Crippen molar-refractivity contribution < 1.29 is 0 Å². The first-order valence-electron chi connectivity index (χ1n) is 19.8. The highest BCUT2D eigenvalue weighted by Gasteiger charge is 2.36. The van der Waals surface area contributed by atoms with Crippen LogP contribution in [0.15, 0.2) is 176 Å². The van der Waals surface area contributed by atoms with E-state index >= 15 is 0 Å². The van der Waals surface area contributed by atoms with Crippen LogP contribution in [0.4, 0.5) is 0 Å². The molecule has 2 aliphatic rings. The van der Waals surface area contributed by atoms with Crippen molar-refractivity contribution in [1.82, 2.24) is 4.98 Å². The van der Waals surface area contributed by atoms with Gasteiger partial charge in [0.15, 0.2) is 0 Å². The molecule has 56 heavy (non-hydrogen) atoms. The molecule has 0 saturated heterocycles. The fraction of sp³-hybridized carbons (Fsp3) is 0.109. The Bertz CT molecular complexity index is 2790. The number of pyridine rings is 1. The molecule has 11 rings (SSSR count). The maximum atomic E-state index is 4.68. The average Bonchev–Trinajstić information content (AvgIpc) is 3.62. The first kappa shape index (κ1) is 32.8. The lowest BCUT2D eigenvalue weighted by Crippen LogP contribution is -2.14. The molecule has 0 fully saturated rings. The number of hydrogen-bond donors (Lipinski definition) is 0. The second-order valence-electron chi connectivity index (χ2n) is 16.7. The number of nitrogens with zero attached hydrogens (tertiary/aromatic N) is 1. The van der Waals surface area contributed by atoms with Crippen molar-refractivity contribution in [3.05, 3.63) is 198 Å². The molecule has 0 aliphatic heterocycles. The lowest BCUT2D eigenvalue weighted by atomic mass is 9.81. The second-order valence-corrected chi connectivity index (χ2v) is 16.7. The normalized spacial score (nSPS) is 14.4. The number of hydrogen-bond acceptors (Lipinski definition) is 1. The van der Waals surface area contributed by atoms with Crippen molar-refractivity contribution in [3.8, 4) is 66.8 Å². The Kier molecular flexibility index (Phi) is 7.01. The predicted octanol–water partition coefficient (Wildman–Crippen LogP) is 14.7. The summed E-state index contributed by atoms with van der Waals surface area (Å²) in [6, 6.07) is 61.1. The Labute approximate surface area is 329 Å². The Morgan fingerprint density at radius 3 is 1.20 bits per heavy atom. The highest BCUT2D eigenvalue weighted by atomic mass is 14.6. The van der Waals surface area contributed by atoms with Gasteiger partial charge in [-0.3, -0.25) is 4.98 Å². The maximum absolute atomic E-state index is 4.68. The molecule has 0 radical (unpaired) electrons. The van der Waals surface area contributed by atoms with Gasteiger partial charge in [-0.2, -0.15) is 0 Å². The van der Waals surface area contributed by atoms with Gasteiger partial charge in [0.25, 0.3) is 0 Å². The molecule has 9 aromatic rings. The first-order valence-corrected chi connectivity index (χ1v) is 19.8. The average molecular weight is 716 g/mol. The minimum absolute atomic E-state index is 0.0260. The van der Waals surface area contributed by atoms with E-state index in [4.69, 9.17) is 0 Å². The number of fused-ring (bicyclic) bond motifs is 8. The lowest BCUT2D eigenvalue weighted by Gasteiger charge is -2.22. The third-order valence-electron chi connectivity index (χ3n) is 13.0. The summed E-state index contributed by atoms with van der Waals surface area (Å²) in [6.45, 7) is 9.39. The van der Waals surface area contributed by atoms with E-state index in [1.165, 1.54) is 105 Å². The Morgan fingerprint density at radius 2 is 0.696 bits per heavy atom. The molecule has 0 amide bonds.